The average molecular weight is 198 g/mol. The molecule has 2 N–H and O–H groups in total. The number of hydrogen-bond acceptors (Lipinski definition) is 5. The lowest BCUT2D eigenvalue weighted by Gasteiger charge is -2.15. The molecule has 0 atom stereocenters. The number of ether oxygens (including phenoxy) is 1. The molecule has 0 radical (unpaired) electrons. The lowest BCUT2D eigenvalue weighted by molar-refractivity contribution is 0.0515. The first-order valence-corrected chi connectivity index (χ1v) is 4.36. The molecule has 0 fully saturated rings. The first-order valence-electron chi connectivity index (χ1n) is 4.36. The van der Waals surface area contributed by atoms with E-state index < -0.39 is 11.5 Å². The molecule has 78 valence electrons. The number of aromatic nitrogens is 1. The van der Waals surface area contributed by atoms with Gasteiger partial charge in [0.2, 0.25) is 0 Å². The van der Waals surface area contributed by atoms with Gasteiger partial charge >= 0.3 is 5.97 Å². The van der Waals surface area contributed by atoms with Crippen molar-refractivity contribution in [2.45, 2.75) is 26.3 Å². The van der Waals surface area contributed by atoms with Crippen LogP contribution in [0.5, 0.6) is 0 Å². The van der Waals surface area contributed by atoms with Crippen LogP contribution in [0.3, 0.4) is 0 Å². The first kappa shape index (κ1) is 10.7. The minimum absolute atomic E-state index is 0.152. The molecule has 1 rings (SSSR count). The molecule has 14 heavy (non-hydrogen) atoms. The topological polar surface area (TPSA) is 78.3 Å². The average Bonchev–Trinajstić information content (AvgIpc) is 2.50. The highest BCUT2D eigenvalue weighted by Crippen LogP contribution is 2.20. The van der Waals surface area contributed by atoms with Crippen molar-refractivity contribution in [1.29, 1.82) is 0 Å². The zero-order chi connectivity index (χ0) is 10.8. The first-order chi connectivity index (χ1) is 6.46. The van der Waals surface area contributed by atoms with Gasteiger partial charge in [0.05, 0.1) is 12.1 Å². The summed E-state index contributed by atoms with van der Waals surface area (Å²) < 4.78 is 9.86. The standard InChI is InChI=1S/C9H14N2O3/c1-4-13-8(12)6-7(9(2,3)10)14-5-11-6/h5H,4,10H2,1-3H3. The third kappa shape index (κ3) is 2.11. The van der Waals surface area contributed by atoms with Crippen molar-refractivity contribution in [3.05, 3.63) is 17.8 Å². The molecule has 1 aromatic heterocycles. The molecule has 0 saturated heterocycles. The van der Waals surface area contributed by atoms with E-state index in [0.29, 0.717) is 12.4 Å². The summed E-state index contributed by atoms with van der Waals surface area (Å²) in [4.78, 5) is 15.2. The van der Waals surface area contributed by atoms with Crippen molar-refractivity contribution in [2.75, 3.05) is 6.61 Å². The van der Waals surface area contributed by atoms with Crippen LogP contribution in [0, 0.1) is 0 Å². The fourth-order valence-electron chi connectivity index (χ4n) is 1.05. The molecular weight excluding hydrogens is 184 g/mol. The highest BCUT2D eigenvalue weighted by molar-refractivity contribution is 5.88. The van der Waals surface area contributed by atoms with Crippen molar-refractivity contribution in [2.24, 2.45) is 5.73 Å². The van der Waals surface area contributed by atoms with E-state index in [2.05, 4.69) is 4.98 Å². The molecule has 0 unspecified atom stereocenters. The Hall–Kier alpha value is -1.36. The molecular formula is C9H14N2O3. The van der Waals surface area contributed by atoms with Crippen LogP contribution < -0.4 is 5.73 Å². The molecule has 0 aliphatic carbocycles. The van der Waals surface area contributed by atoms with Gasteiger partial charge in [0.1, 0.15) is 0 Å². The second-order valence-electron chi connectivity index (χ2n) is 3.47. The summed E-state index contributed by atoms with van der Waals surface area (Å²) in [6.45, 7) is 5.49. The van der Waals surface area contributed by atoms with E-state index in [0.717, 1.165) is 0 Å². The molecule has 5 nitrogen and oxygen atoms in total. The summed E-state index contributed by atoms with van der Waals surface area (Å²) in [5.74, 6) is -0.161. The normalized spacial score (nSPS) is 11.4. The van der Waals surface area contributed by atoms with E-state index in [4.69, 9.17) is 14.9 Å². The molecule has 0 aliphatic heterocycles. The van der Waals surface area contributed by atoms with Crippen LogP contribution in [0.2, 0.25) is 0 Å². The maximum atomic E-state index is 11.4. The third-order valence-corrected chi connectivity index (χ3v) is 1.62. The molecule has 0 amide bonds. The summed E-state index contributed by atoms with van der Waals surface area (Å²) in [5, 5.41) is 0. The Kier molecular flexibility index (Phi) is 2.90. The van der Waals surface area contributed by atoms with Crippen LogP contribution in [0.4, 0.5) is 0 Å². The summed E-state index contributed by atoms with van der Waals surface area (Å²) in [6.07, 6.45) is 1.19. The minimum atomic E-state index is -0.738. The number of carbonyl (C=O) groups excluding carboxylic acids is 1. The van der Waals surface area contributed by atoms with Gasteiger partial charge in [0, 0.05) is 0 Å². The Morgan fingerprint density at radius 1 is 1.71 bits per heavy atom. The lowest BCUT2D eigenvalue weighted by Crippen LogP contribution is -2.30. The molecule has 1 heterocycles. The number of rotatable bonds is 3. The SMILES string of the molecule is CCOC(=O)c1ncoc1C(C)(C)N. The van der Waals surface area contributed by atoms with Gasteiger partial charge in [-0.15, -0.1) is 0 Å². The Morgan fingerprint density at radius 3 is 2.86 bits per heavy atom. The van der Waals surface area contributed by atoms with Crippen molar-refractivity contribution in [1.82, 2.24) is 4.98 Å². The Bertz CT molecular complexity index is 325. The van der Waals surface area contributed by atoms with Crippen molar-refractivity contribution >= 4 is 5.97 Å². The zero-order valence-corrected chi connectivity index (χ0v) is 8.53. The van der Waals surface area contributed by atoms with E-state index in [-0.39, 0.29) is 5.69 Å². The second-order valence-corrected chi connectivity index (χ2v) is 3.47. The van der Waals surface area contributed by atoms with Gasteiger partial charge in [-0.1, -0.05) is 0 Å². The summed E-state index contributed by atoms with van der Waals surface area (Å²) in [7, 11) is 0. The van der Waals surface area contributed by atoms with Crippen LogP contribution in [0.1, 0.15) is 37.0 Å². The maximum Gasteiger partial charge on any atom is 0.360 e. The molecule has 1 aromatic rings. The maximum absolute atomic E-state index is 11.4. The van der Waals surface area contributed by atoms with Gasteiger partial charge in [0.25, 0.3) is 0 Å². The molecule has 0 aliphatic rings. The van der Waals surface area contributed by atoms with Crippen LogP contribution >= 0.6 is 0 Å². The zero-order valence-electron chi connectivity index (χ0n) is 8.53. The highest BCUT2D eigenvalue weighted by atomic mass is 16.5. The molecule has 0 spiro atoms. The van der Waals surface area contributed by atoms with Crippen LogP contribution in [-0.2, 0) is 10.3 Å². The summed E-state index contributed by atoms with van der Waals surface area (Å²) in [6, 6.07) is 0. The van der Waals surface area contributed by atoms with E-state index >= 15 is 0 Å². The molecule has 5 heteroatoms. The monoisotopic (exact) mass is 198 g/mol. The predicted molar refractivity (Wildman–Crippen MR) is 49.7 cm³/mol. The van der Waals surface area contributed by atoms with E-state index in [1.54, 1.807) is 20.8 Å². The number of esters is 1. The Balaban J connectivity index is 2.99. The van der Waals surface area contributed by atoms with Gasteiger partial charge in [-0.25, -0.2) is 9.78 Å². The second kappa shape index (κ2) is 3.79. The molecule has 0 saturated carbocycles. The fraction of sp³-hybridized carbons (Fsp3) is 0.556. The number of nitrogens with zero attached hydrogens (tertiary/aromatic N) is 1. The smallest absolute Gasteiger partial charge is 0.360 e. The van der Waals surface area contributed by atoms with Gasteiger partial charge in [0.15, 0.2) is 17.8 Å². The number of oxazole rings is 1. The third-order valence-electron chi connectivity index (χ3n) is 1.62. The fourth-order valence-corrected chi connectivity index (χ4v) is 1.05. The Labute approximate surface area is 82.2 Å². The van der Waals surface area contributed by atoms with Crippen LogP contribution in [0.15, 0.2) is 10.8 Å². The van der Waals surface area contributed by atoms with Crippen molar-refractivity contribution in [3.63, 3.8) is 0 Å². The molecule has 0 bridgehead atoms. The lowest BCUT2D eigenvalue weighted by atomic mass is 10.0. The van der Waals surface area contributed by atoms with E-state index in [9.17, 15) is 4.79 Å². The quantitative estimate of drug-likeness (QED) is 0.734. The largest absolute Gasteiger partial charge is 0.461 e. The van der Waals surface area contributed by atoms with Gasteiger partial charge in [-0.05, 0) is 20.8 Å². The van der Waals surface area contributed by atoms with E-state index in [1.165, 1.54) is 6.39 Å². The highest BCUT2D eigenvalue weighted by Gasteiger charge is 2.28. The van der Waals surface area contributed by atoms with E-state index in [1.807, 2.05) is 0 Å². The predicted octanol–water partition coefficient (Wildman–Crippen LogP) is 1.05. The summed E-state index contributed by atoms with van der Waals surface area (Å²) >= 11 is 0. The van der Waals surface area contributed by atoms with Crippen molar-refractivity contribution in [3.8, 4) is 0 Å². The van der Waals surface area contributed by atoms with Gasteiger partial charge in [-0.3, -0.25) is 0 Å². The van der Waals surface area contributed by atoms with Gasteiger partial charge < -0.3 is 14.9 Å². The van der Waals surface area contributed by atoms with Crippen molar-refractivity contribution < 1.29 is 13.9 Å². The van der Waals surface area contributed by atoms with Gasteiger partial charge in [-0.2, -0.15) is 0 Å². The van der Waals surface area contributed by atoms with Crippen LogP contribution in [-0.4, -0.2) is 17.6 Å². The number of hydrogen-bond donors (Lipinski definition) is 1. The Morgan fingerprint density at radius 2 is 2.36 bits per heavy atom. The number of nitrogens with two attached hydrogens (primary N) is 1. The summed E-state index contributed by atoms with van der Waals surface area (Å²) in [5.41, 5.74) is 5.21. The minimum Gasteiger partial charge on any atom is -0.461 e. The molecule has 0 aromatic carbocycles. The van der Waals surface area contributed by atoms with Crippen LogP contribution in [0.25, 0.3) is 0 Å². The number of carbonyl (C=O) groups is 1.